The summed E-state index contributed by atoms with van der Waals surface area (Å²) in [6.45, 7) is 0. The van der Waals surface area contributed by atoms with Crippen molar-refractivity contribution in [3.8, 4) is 22.5 Å². The van der Waals surface area contributed by atoms with Crippen LogP contribution in [-0.4, -0.2) is 15.4 Å². The van der Waals surface area contributed by atoms with Gasteiger partial charge in [-0.05, 0) is 23.8 Å². The summed E-state index contributed by atoms with van der Waals surface area (Å²) in [5.74, 6) is 0.420. The van der Waals surface area contributed by atoms with Gasteiger partial charge in [-0.1, -0.05) is 17.3 Å². The number of hydrogen-bond donors (Lipinski definition) is 1. The highest BCUT2D eigenvalue weighted by Crippen LogP contribution is 2.35. The number of aromatic nitrogens is 3. The molecule has 5 nitrogen and oxygen atoms in total. The molecule has 19 heavy (non-hydrogen) atoms. The third kappa shape index (κ3) is 2.03. The molecule has 0 saturated heterocycles. The second kappa shape index (κ2) is 4.49. The predicted molar refractivity (Wildman–Crippen MR) is 67.3 cm³/mol. The standard InChI is InChI=1S/C13H9FN4O/c14-10-3-1-8(2-4-10)11-12(19-18-13(11)15)9-5-6-16-17-7-9/h1-7H,(H2,15,18). The Bertz CT molecular complexity index is 694. The quantitative estimate of drug-likeness (QED) is 0.762. The highest BCUT2D eigenvalue weighted by molar-refractivity contribution is 5.86. The van der Waals surface area contributed by atoms with E-state index in [2.05, 4.69) is 15.4 Å². The van der Waals surface area contributed by atoms with Crippen LogP contribution >= 0.6 is 0 Å². The van der Waals surface area contributed by atoms with Crippen molar-refractivity contribution >= 4 is 5.82 Å². The molecule has 6 heteroatoms. The lowest BCUT2D eigenvalue weighted by Crippen LogP contribution is -1.89. The summed E-state index contributed by atoms with van der Waals surface area (Å²) >= 11 is 0. The maximum Gasteiger partial charge on any atom is 0.178 e. The molecule has 94 valence electrons. The highest BCUT2D eigenvalue weighted by atomic mass is 19.1. The number of halogens is 1. The van der Waals surface area contributed by atoms with Gasteiger partial charge in [0.1, 0.15) is 5.82 Å². The van der Waals surface area contributed by atoms with Gasteiger partial charge >= 0.3 is 0 Å². The van der Waals surface area contributed by atoms with E-state index in [0.29, 0.717) is 16.9 Å². The molecule has 0 bridgehead atoms. The summed E-state index contributed by atoms with van der Waals surface area (Å²) in [6.07, 6.45) is 3.09. The van der Waals surface area contributed by atoms with E-state index < -0.39 is 0 Å². The van der Waals surface area contributed by atoms with Crippen molar-refractivity contribution in [1.82, 2.24) is 15.4 Å². The van der Waals surface area contributed by atoms with Gasteiger partial charge in [0.05, 0.1) is 18.0 Å². The number of nitrogen functional groups attached to an aromatic ring is 1. The van der Waals surface area contributed by atoms with Crippen LogP contribution in [0.25, 0.3) is 22.5 Å². The normalized spacial score (nSPS) is 10.6. The van der Waals surface area contributed by atoms with Crippen molar-refractivity contribution in [3.05, 3.63) is 48.5 Å². The first-order valence-corrected chi connectivity index (χ1v) is 5.54. The predicted octanol–water partition coefficient (Wildman–Crippen LogP) is 2.52. The van der Waals surface area contributed by atoms with Crippen molar-refractivity contribution in [3.63, 3.8) is 0 Å². The molecule has 0 amide bonds. The molecular formula is C13H9FN4O. The van der Waals surface area contributed by atoms with Crippen LogP contribution in [0.5, 0.6) is 0 Å². The van der Waals surface area contributed by atoms with Crippen LogP contribution in [0.15, 0.2) is 47.2 Å². The summed E-state index contributed by atoms with van der Waals surface area (Å²) < 4.78 is 18.2. The molecule has 0 atom stereocenters. The Morgan fingerprint density at radius 1 is 1.00 bits per heavy atom. The molecule has 2 heterocycles. The van der Waals surface area contributed by atoms with Crippen LogP contribution in [0.3, 0.4) is 0 Å². The molecule has 0 aliphatic heterocycles. The Labute approximate surface area is 107 Å². The van der Waals surface area contributed by atoms with Gasteiger partial charge in [-0.25, -0.2) is 4.39 Å². The van der Waals surface area contributed by atoms with Gasteiger partial charge in [-0.2, -0.15) is 10.2 Å². The molecule has 2 aromatic heterocycles. The number of nitrogens with zero attached hydrogens (tertiary/aromatic N) is 3. The zero-order chi connectivity index (χ0) is 13.2. The second-order valence-corrected chi connectivity index (χ2v) is 3.91. The fourth-order valence-corrected chi connectivity index (χ4v) is 1.82. The molecule has 0 unspecified atom stereocenters. The summed E-state index contributed by atoms with van der Waals surface area (Å²) in [7, 11) is 0. The maximum atomic E-state index is 13.0. The maximum absolute atomic E-state index is 13.0. The first kappa shape index (κ1) is 11.3. The van der Waals surface area contributed by atoms with E-state index in [1.165, 1.54) is 12.1 Å². The summed E-state index contributed by atoms with van der Waals surface area (Å²) in [5, 5.41) is 11.2. The van der Waals surface area contributed by atoms with Crippen LogP contribution < -0.4 is 5.73 Å². The number of anilines is 1. The Morgan fingerprint density at radius 2 is 1.79 bits per heavy atom. The number of nitrogens with two attached hydrogens (primary N) is 1. The molecule has 0 aliphatic carbocycles. The number of hydrogen-bond acceptors (Lipinski definition) is 5. The summed E-state index contributed by atoms with van der Waals surface area (Å²) in [6, 6.07) is 7.69. The average Bonchev–Trinajstić information content (AvgIpc) is 2.83. The van der Waals surface area contributed by atoms with E-state index in [0.717, 1.165) is 5.56 Å². The van der Waals surface area contributed by atoms with Crippen LogP contribution in [0, 0.1) is 5.82 Å². The molecule has 3 rings (SSSR count). The monoisotopic (exact) mass is 256 g/mol. The first-order valence-electron chi connectivity index (χ1n) is 5.54. The molecule has 3 aromatic rings. The molecule has 0 fully saturated rings. The van der Waals surface area contributed by atoms with E-state index >= 15 is 0 Å². The van der Waals surface area contributed by atoms with E-state index in [1.54, 1.807) is 30.6 Å². The molecule has 0 saturated carbocycles. The topological polar surface area (TPSA) is 77.8 Å². The molecule has 2 N–H and O–H groups in total. The zero-order valence-corrected chi connectivity index (χ0v) is 9.75. The van der Waals surface area contributed by atoms with Crippen molar-refractivity contribution in [2.75, 3.05) is 5.73 Å². The first-order chi connectivity index (χ1) is 9.25. The fraction of sp³-hybridized carbons (Fsp3) is 0. The largest absolute Gasteiger partial charge is 0.380 e. The smallest absolute Gasteiger partial charge is 0.178 e. The van der Waals surface area contributed by atoms with E-state index in [-0.39, 0.29) is 11.6 Å². The number of benzene rings is 1. The molecule has 0 radical (unpaired) electrons. The van der Waals surface area contributed by atoms with E-state index in [4.69, 9.17) is 10.3 Å². The lowest BCUT2D eigenvalue weighted by Gasteiger charge is -2.02. The SMILES string of the molecule is Nc1noc(-c2ccnnc2)c1-c1ccc(F)cc1. The van der Waals surface area contributed by atoms with Gasteiger partial charge in [0.15, 0.2) is 11.6 Å². The lowest BCUT2D eigenvalue weighted by atomic mass is 10.0. The van der Waals surface area contributed by atoms with Gasteiger partial charge in [-0.15, -0.1) is 0 Å². The Morgan fingerprint density at radius 3 is 2.47 bits per heavy atom. The molecule has 0 spiro atoms. The third-order valence-electron chi connectivity index (χ3n) is 2.70. The summed E-state index contributed by atoms with van der Waals surface area (Å²) in [5.41, 5.74) is 7.87. The van der Waals surface area contributed by atoms with E-state index in [1.807, 2.05) is 0 Å². The van der Waals surface area contributed by atoms with Crippen molar-refractivity contribution < 1.29 is 8.91 Å². The molecule has 1 aromatic carbocycles. The van der Waals surface area contributed by atoms with Crippen LogP contribution in [-0.2, 0) is 0 Å². The minimum Gasteiger partial charge on any atom is -0.380 e. The van der Waals surface area contributed by atoms with Crippen LogP contribution in [0.1, 0.15) is 0 Å². The van der Waals surface area contributed by atoms with Gasteiger partial charge < -0.3 is 10.3 Å². The van der Waals surface area contributed by atoms with Crippen molar-refractivity contribution in [2.24, 2.45) is 0 Å². The summed E-state index contributed by atoms with van der Waals surface area (Å²) in [4.78, 5) is 0. The third-order valence-corrected chi connectivity index (χ3v) is 2.70. The van der Waals surface area contributed by atoms with Crippen LogP contribution in [0.4, 0.5) is 10.2 Å². The Hall–Kier alpha value is -2.76. The van der Waals surface area contributed by atoms with Gasteiger partial charge in [0.25, 0.3) is 0 Å². The minimum absolute atomic E-state index is 0.249. The van der Waals surface area contributed by atoms with Gasteiger partial charge in [0.2, 0.25) is 0 Å². The lowest BCUT2D eigenvalue weighted by molar-refractivity contribution is 0.436. The highest BCUT2D eigenvalue weighted by Gasteiger charge is 2.17. The van der Waals surface area contributed by atoms with Crippen LogP contribution in [0.2, 0.25) is 0 Å². The van der Waals surface area contributed by atoms with Crippen molar-refractivity contribution in [2.45, 2.75) is 0 Å². The second-order valence-electron chi connectivity index (χ2n) is 3.91. The zero-order valence-electron chi connectivity index (χ0n) is 9.75. The Balaban J connectivity index is 2.17. The van der Waals surface area contributed by atoms with Crippen molar-refractivity contribution in [1.29, 1.82) is 0 Å². The average molecular weight is 256 g/mol. The minimum atomic E-state index is -0.314. The Kier molecular flexibility index (Phi) is 2.68. The molecule has 0 aliphatic rings. The van der Waals surface area contributed by atoms with Gasteiger partial charge in [0, 0.05) is 5.56 Å². The molecular weight excluding hydrogens is 247 g/mol. The van der Waals surface area contributed by atoms with E-state index in [9.17, 15) is 4.39 Å². The number of rotatable bonds is 2. The van der Waals surface area contributed by atoms with Gasteiger partial charge in [-0.3, -0.25) is 0 Å². The fourth-order valence-electron chi connectivity index (χ4n) is 1.82.